The van der Waals surface area contributed by atoms with Crippen molar-refractivity contribution in [3.8, 4) is 11.5 Å². The fourth-order valence-electron chi connectivity index (χ4n) is 7.29. The fraction of sp³-hybridized carbons (Fsp3) is 0.400. The Kier molecular flexibility index (Phi) is 5.05. The lowest BCUT2D eigenvalue weighted by Gasteiger charge is -2.37. The minimum atomic E-state index is -0.619. The Bertz CT molecular complexity index is 1400. The van der Waals surface area contributed by atoms with Crippen LogP contribution in [0.25, 0.3) is 0 Å². The first-order valence-corrected chi connectivity index (χ1v) is 13.2. The van der Waals surface area contributed by atoms with Gasteiger partial charge in [-0.2, -0.15) is 0 Å². The van der Waals surface area contributed by atoms with Gasteiger partial charge >= 0.3 is 5.97 Å². The van der Waals surface area contributed by atoms with E-state index in [4.69, 9.17) is 9.47 Å². The van der Waals surface area contributed by atoms with Crippen LogP contribution in [-0.2, 0) is 19.2 Å². The molecule has 2 saturated heterocycles. The average molecular weight is 513 g/mol. The molecule has 2 aliphatic heterocycles. The van der Waals surface area contributed by atoms with Gasteiger partial charge in [-0.3, -0.25) is 19.2 Å². The van der Waals surface area contributed by atoms with Crippen molar-refractivity contribution in [3.63, 3.8) is 0 Å². The van der Waals surface area contributed by atoms with Crippen LogP contribution in [0, 0.1) is 48.3 Å². The maximum Gasteiger partial charge on any atom is 0.316 e. The molecule has 8 rings (SSSR count). The molecule has 0 aromatic heterocycles. The second-order valence-electron chi connectivity index (χ2n) is 11.1. The number of rotatable bonds is 5. The first kappa shape index (κ1) is 23.2. The molecule has 8 nitrogen and oxygen atoms in total. The standard InChI is InChI=1S/C30H28N2O6/c1-15-11-17(38-30(36)16-12-25(33)31(14-16)23-5-3-4-6-24(23)37-2)7-10-22(15)32-28(34)26-18-8-9-19(21-13-20(18)21)27(26)29(32)35/h3-11,16,18-21,26-27H,12-14H2,1-2H3/t16-,18+,19+,20+,21+,26-,27+/m1/s1. The Balaban J connectivity index is 1.07. The fourth-order valence-corrected chi connectivity index (χ4v) is 7.29. The number of hydrogen-bond acceptors (Lipinski definition) is 6. The number of benzene rings is 2. The van der Waals surface area contributed by atoms with Crippen LogP contribution >= 0.6 is 0 Å². The van der Waals surface area contributed by atoms with Gasteiger partial charge in [-0.25, -0.2) is 4.90 Å². The first-order chi connectivity index (χ1) is 18.4. The van der Waals surface area contributed by atoms with E-state index in [-0.39, 0.29) is 54.4 Å². The monoisotopic (exact) mass is 512 g/mol. The summed E-state index contributed by atoms with van der Waals surface area (Å²) < 4.78 is 11.0. The van der Waals surface area contributed by atoms with Crippen molar-refractivity contribution in [1.82, 2.24) is 0 Å². The Hall–Kier alpha value is -3.94. The largest absolute Gasteiger partial charge is 0.495 e. The van der Waals surface area contributed by atoms with Gasteiger partial charge < -0.3 is 14.4 Å². The summed E-state index contributed by atoms with van der Waals surface area (Å²) in [6.07, 6.45) is 5.49. The zero-order valence-electron chi connectivity index (χ0n) is 21.2. The normalized spacial score (nSPS) is 32.5. The Morgan fingerprint density at radius 3 is 2.26 bits per heavy atom. The van der Waals surface area contributed by atoms with Gasteiger partial charge in [-0.1, -0.05) is 24.3 Å². The third-order valence-corrected chi connectivity index (χ3v) is 9.12. The van der Waals surface area contributed by atoms with Gasteiger partial charge in [0.1, 0.15) is 11.5 Å². The van der Waals surface area contributed by atoms with Crippen molar-refractivity contribution < 1.29 is 28.7 Å². The number of esters is 1. The van der Waals surface area contributed by atoms with Crippen LogP contribution in [0.2, 0.25) is 0 Å². The number of carbonyl (C=O) groups is 4. The van der Waals surface area contributed by atoms with Gasteiger partial charge in [0, 0.05) is 13.0 Å². The molecular weight excluding hydrogens is 484 g/mol. The maximum atomic E-state index is 13.5. The molecule has 2 heterocycles. The third-order valence-electron chi connectivity index (χ3n) is 9.12. The van der Waals surface area contributed by atoms with Gasteiger partial charge in [0.15, 0.2) is 0 Å². The maximum absolute atomic E-state index is 13.5. The quantitative estimate of drug-likeness (QED) is 0.263. The second kappa shape index (κ2) is 8.28. The van der Waals surface area contributed by atoms with Crippen LogP contribution in [0.15, 0.2) is 54.6 Å². The number of anilines is 2. The Morgan fingerprint density at radius 1 is 0.921 bits per heavy atom. The zero-order chi connectivity index (χ0) is 26.3. The molecule has 38 heavy (non-hydrogen) atoms. The lowest BCUT2D eigenvalue weighted by atomic mass is 9.63. The van der Waals surface area contributed by atoms with Gasteiger partial charge in [-0.15, -0.1) is 0 Å². The van der Waals surface area contributed by atoms with Crippen LogP contribution in [-0.4, -0.2) is 37.3 Å². The molecule has 2 saturated carbocycles. The molecule has 6 aliphatic rings. The van der Waals surface area contributed by atoms with Gasteiger partial charge in [0.2, 0.25) is 17.7 Å². The number of ether oxygens (including phenoxy) is 2. The van der Waals surface area contributed by atoms with Crippen molar-refractivity contribution in [2.75, 3.05) is 23.5 Å². The van der Waals surface area contributed by atoms with E-state index in [1.807, 2.05) is 19.1 Å². The predicted molar refractivity (Wildman–Crippen MR) is 137 cm³/mol. The number of imide groups is 1. The highest BCUT2D eigenvalue weighted by Gasteiger charge is 2.67. The number of allylic oxidation sites excluding steroid dienone is 2. The van der Waals surface area contributed by atoms with Crippen molar-refractivity contribution in [1.29, 1.82) is 0 Å². The molecule has 7 atom stereocenters. The minimum absolute atomic E-state index is 0.0475. The number of methoxy groups -OCH3 is 1. The van der Waals surface area contributed by atoms with Crippen LogP contribution in [0.1, 0.15) is 18.4 Å². The summed E-state index contributed by atoms with van der Waals surface area (Å²) in [7, 11) is 1.54. The minimum Gasteiger partial charge on any atom is -0.495 e. The lowest BCUT2D eigenvalue weighted by Crippen LogP contribution is -2.40. The number of carbonyl (C=O) groups excluding carboxylic acids is 4. The van der Waals surface area contributed by atoms with Gasteiger partial charge in [-0.05, 0) is 72.9 Å². The lowest BCUT2D eigenvalue weighted by molar-refractivity contribution is -0.139. The van der Waals surface area contributed by atoms with Crippen LogP contribution < -0.4 is 19.3 Å². The molecule has 0 spiro atoms. The highest BCUT2D eigenvalue weighted by Crippen LogP contribution is 2.65. The van der Waals surface area contributed by atoms with E-state index in [2.05, 4.69) is 12.2 Å². The molecule has 2 aromatic carbocycles. The summed E-state index contributed by atoms with van der Waals surface area (Å²) in [5.41, 5.74) is 1.84. The molecule has 0 radical (unpaired) electrons. The van der Waals surface area contributed by atoms with E-state index in [9.17, 15) is 19.2 Å². The van der Waals surface area contributed by atoms with Crippen molar-refractivity contribution in [2.45, 2.75) is 19.8 Å². The van der Waals surface area contributed by atoms with Crippen LogP contribution in [0.3, 0.4) is 0 Å². The van der Waals surface area contributed by atoms with Crippen LogP contribution in [0.5, 0.6) is 11.5 Å². The number of aryl methyl sites for hydroxylation is 1. The Labute approximate surface area is 220 Å². The molecule has 0 N–H and O–H groups in total. The molecule has 2 aromatic rings. The van der Waals surface area contributed by atoms with E-state index < -0.39 is 11.9 Å². The first-order valence-electron chi connectivity index (χ1n) is 13.2. The smallest absolute Gasteiger partial charge is 0.316 e. The van der Waals surface area contributed by atoms with E-state index in [0.717, 1.165) is 6.42 Å². The summed E-state index contributed by atoms with van der Waals surface area (Å²) in [4.78, 5) is 55.5. The summed E-state index contributed by atoms with van der Waals surface area (Å²) >= 11 is 0. The molecule has 2 bridgehead atoms. The molecular formula is C30H28N2O6. The van der Waals surface area contributed by atoms with Gasteiger partial charge in [0.05, 0.1) is 36.2 Å². The Morgan fingerprint density at radius 2 is 1.61 bits per heavy atom. The van der Waals surface area contributed by atoms with E-state index in [1.54, 1.807) is 35.2 Å². The van der Waals surface area contributed by atoms with E-state index in [1.165, 1.54) is 12.0 Å². The van der Waals surface area contributed by atoms with E-state index in [0.29, 0.717) is 40.3 Å². The SMILES string of the molecule is COc1ccccc1N1C[C@H](C(=O)Oc2ccc(N3C(=O)[C@@H]4[C@H]5C=C[C@@H]([C@@H]6C[C@@H]56)[C@@H]4C3=O)c(C)c2)CC1=O. The predicted octanol–water partition coefficient (Wildman–Crippen LogP) is 3.52. The number of nitrogens with zero attached hydrogens (tertiary/aromatic N) is 2. The molecule has 4 aliphatic carbocycles. The molecule has 3 amide bonds. The number of hydrogen-bond donors (Lipinski definition) is 0. The number of para-hydroxylation sites is 2. The summed E-state index contributed by atoms with van der Waals surface area (Å²) in [6, 6.07) is 12.2. The average Bonchev–Trinajstić information content (AvgIpc) is 3.60. The van der Waals surface area contributed by atoms with Crippen molar-refractivity contribution >= 4 is 35.1 Å². The molecule has 0 unspecified atom stereocenters. The molecule has 8 heteroatoms. The third kappa shape index (κ3) is 3.28. The number of amides is 3. The molecule has 194 valence electrons. The van der Waals surface area contributed by atoms with Crippen molar-refractivity contribution in [2.24, 2.45) is 41.4 Å². The summed E-state index contributed by atoms with van der Waals surface area (Å²) in [6.45, 7) is 2.01. The highest BCUT2D eigenvalue weighted by atomic mass is 16.5. The summed E-state index contributed by atoms with van der Waals surface area (Å²) in [5.74, 6) is 0.284. The zero-order valence-corrected chi connectivity index (χ0v) is 21.2. The van der Waals surface area contributed by atoms with E-state index >= 15 is 0 Å². The van der Waals surface area contributed by atoms with Crippen molar-refractivity contribution in [3.05, 3.63) is 60.2 Å². The second-order valence-corrected chi connectivity index (χ2v) is 11.1. The topological polar surface area (TPSA) is 93.2 Å². The summed E-state index contributed by atoms with van der Waals surface area (Å²) in [5, 5.41) is 0. The van der Waals surface area contributed by atoms with Crippen LogP contribution in [0.4, 0.5) is 11.4 Å². The molecule has 4 fully saturated rings. The van der Waals surface area contributed by atoms with Gasteiger partial charge in [0.25, 0.3) is 0 Å². The highest BCUT2D eigenvalue weighted by molar-refractivity contribution is 6.23.